The topological polar surface area (TPSA) is 108 Å². The maximum Gasteiger partial charge on any atom is 0.338 e. The SMILES string of the molecule is Cc1ccc(-c2noc(COC(=O)c3ccc(Cl)c([N+](=O)[O-])c3)n2)cc1. The first-order chi connectivity index (χ1) is 12.4. The van der Waals surface area contributed by atoms with Crippen LogP contribution in [0, 0.1) is 17.0 Å². The molecule has 0 aliphatic heterocycles. The lowest BCUT2D eigenvalue weighted by Gasteiger charge is -2.02. The molecule has 9 heteroatoms. The van der Waals surface area contributed by atoms with E-state index in [4.69, 9.17) is 20.9 Å². The molecule has 8 nitrogen and oxygen atoms in total. The molecule has 0 saturated carbocycles. The van der Waals surface area contributed by atoms with Gasteiger partial charge in [-0.3, -0.25) is 10.1 Å². The first-order valence-corrected chi connectivity index (χ1v) is 7.82. The second-order valence-corrected chi connectivity index (χ2v) is 5.78. The number of nitro benzene ring substituents is 1. The lowest BCUT2D eigenvalue weighted by molar-refractivity contribution is -0.384. The number of carbonyl (C=O) groups is 1. The quantitative estimate of drug-likeness (QED) is 0.378. The Bertz CT molecular complexity index is 969. The molecule has 0 atom stereocenters. The van der Waals surface area contributed by atoms with Crippen LogP contribution in [0.5, 0.6) is 0 Å². The van der Waals surface area contributed by atoms with Crippen LogP contribution >= 0.6 is 11.6 Å². The number of esters is 1. The molecular weight excluding hydrogens is 362 g/mol. The molecule has 0 aliphatic carbocycles. The van der Waals surface area contributed by atoms with Crippen LogP contribution in [0.25, 0.3) is 11.4 Å². The fourth-order valence-electron chi connectivity index (χ4n) is 2.12. The van der Waals surface area contributed by atoms with Gasteiger partial charge in [0, 0.05) is 11.6 Å². The minimum Gasteiger partial charge on any atom is -0.452 e. The van der Waals surface area contributed by atoms with Gasteiger partial charge in [0.15, 0.2) is 6.61 Å². The van der Waals surface area contributed by atoms with Crippen LogP contribution < -0.4 is 0 Å². The highest BCUT2D eigenvalue weighted by Crippen LogP contribution is 2.25. The summed E-state index contributed by atoms with van der Waals surface area (Å²) in [5.41, 5.74) is 1.49. The second-order valence-electron chi connectivity index (χ2n) is 5.38. The van der Waals surface area contributed by atoms with E-state index in [0.29, 0.717) is 5.82 Å². The van der Waals surface area contributed by atoms with Crippen molar-refractivity contribution in [1.82, 2.24) is 10.1 Å². The van der Waals surface area contributed by atoms with Gasteiger partial charge in [0.1, 0.15) is 5.02 Å². The summed E-state index contributed by atoms with van der Waals surface area (Å²) in [5.74, 6) is -0.282. The van der Waals surface area contributed by atoms with Gasteiger partial charge in [-0.25, -0.2) is 4.79 Å². The third kappa shape index (κ3) is 3.86. The summed E-state index contributed by atoms with van der Waals surface area (Å²) in [5, 5.41) is 14.6. The number of hydrogen-bond acceptors (Lipinski definition) is 7. The molecule has 0 aliphatic rings. The Morgan fingerprint density at radius 3 is 2.69 bits per heavy atom. The Labute approximate surface area is 152 Å². The smallest absolute Gasteiger partial charge is 0.338 e. The fourth-order valence-corrected chi connectivity index (χ4v) is 2.31. The van der Waals surface area contributed by atoms with Gasteiger partial charge in [0.05, 0.1) is 10.5 Å². The Kier molecular flexibility index (Phi) is 4.94. The molecule has 0 spiro atoms. The summed E-state index contributed by atoms with van der Waals surface area (Å²) in [6.07, 6.45) is 0. The molecule has 132 valence electrons. The molecule has 0 radical (unpaired) electrons. The highest BCUT2D eigenvalue weighted by Gasteiger charge is 2.18. The maximum atomic E-state index is 12.0. The Hall–Kier alpha value is -3.26. The molecular formula is C17H12ClN3O5. The largest absolute Gasteiger partial charge is 0.452 e. The van der Waals surface area contributed by atoms with E-state index < -0.39 is 10.9 Å². The van der Waals surface area contributed by atoms with Crippen LogP contribution in [0.15, 0.2) is 47.0 Å². The van der Waals surface area contributed by atoms with Crippen LogP contribution in [0.4, 0.5) is 5.69 Å². The average molecular weight is 374 g/mol. The maximum absolute atomic E-state index is 12.0. The van der Waals surface area contributed by atoms with Gasteiger partial charge in [-0.15, -0.1) is 0 Å². The Morgan fingerprint density at radius 2 is 2.00 bits per heavy atom. The summed E-state index contributed by atoms with van der Waals surface area (Å²) >= 11 is 5.71. The number of nitro groups is 1. The number of aromatic nitrogens is 2. The van der Waals surface area contributed by atoms with E-state index in [-0.39, 0.29) is 28.8 Å². The first-order valence-electron chi connectivity index (χ1n) is 7.45. The molecule has 1 heterocycles. The lowest BCUT2D eigenvalue weighted by atomic mass is 10.1. The summed E-state index contributed by atoms with van der Waals surface area (Å²) in [4.78, 5) is 26.4. The van der Waals surface area contributed by atoms with Gasteiger partial charge >= 0.3 is 5.97 Å². The zero-order chi connectivity index (χ0) is 18.7. The number of halogens is 1. The highest BCUT2D eigenvalue weighted by atomic mass is 35.5. The van der Waals surface area contributed by atoms with Crippen molar-refractivity contribution in [2.24, 2.45) is 0 Å². The van der Waals surface area contributed by atoms with Crippen LogP contribution in [0.2, 0.25) is 5.02 Å². The van der Waals surface area contributed by atoms with Gasteiger partial charge in [-0.1, -0.05) is 46.6 Å². The van der Waals surface area contributed by atoms with E-state index >= 15 is 0 Å². The summed E-state index contributed by atoms with van der Waals surface area (Å²) in [6.45, 7) is 1.71. The molecule has 0 N–H and O–H groups in total. The lowest BCUT2D eigenvalue weighted by Crippen LogP contribution is -2.06. The van der Waals surface area contributed by atoms with Gasteiger partial charge in [-0.2, -0.15) is 4.98 Å². The second kappa shape index (κ2) is 7.32. The van der Waals surface area contributed by atoms with Crippen molar-refractivity contribution < 1.29 is 19.0 Å². The number of rotatable bonds is 5. The van der Waals surface area contributed by atoms with Crippen molar-refractivity contribution in [3.8, 4) is 11.4 Å². The molecule has 0 unspecified atom stereocenters. The number of ether oxygens (including phenoxy) is 1. The summed E-state index contributed by atoms with van der Waals surface area (Å²) < 4.78 is 10.1. The van der Waals surface area contributed by atoms with Crippen LogP contribution in [0.3, 0.4) is 0 Å². The summed E-state index contributed by atoms with van der Waals surface area (Å²) in [7, 11) is 0. The molecule has 0 amide bonds. The van der Waals surface area contributed by atoms with Crippen molar-refractivity contribution in [2.75, 3.05) is 0 Å². The minimum atomic E-state index is -0.764. The third-order valence-electron chi connectivity index (χ3n) is 3.48. The average Bonchev–Trinajstić information content (AvgIpc) is 3.09. The van der Waals surface area contributed by atoms with E-state index in [2.05, 4.69) is 10.1 Å². The van der Waals surface area contributed by atoms with E-state index in [9.17, 15) is 14.9 Å². The van der Waals surface area contributed by atoms with Crippen molar-refractivity contribution in [2.45, 2.75) is 13.5 Å². The van der Waals surface area contributed by atoms with Crippen molar-refractivity contribution >= 4 is 23.3 Å². The number of hydrogen-bond donors (Lipinski definition) is 0. The van der Waals surface area contributed by atoms with Gasteiger partial charge in [0.2, 0.25) is 5.82 Å². The zero-order valence-corrected chi connectivity index (χ0v) is 14.3. The molecule has 1 aromatic heterocycles. The van der Waals surface area contributed by atoms with Crippen molar-refractivity contribution in [3.05, 3.63) is 74.6 Å². The highest BCUT2D eigenvalue weighted by molar-refractivity contribution is 6.32. The normalized spacial score (nSPS) is 10.5. The zero-order valence-electron chi connectivity index (χ0n) is 13.5. The number of carbonyl (C=O) groups excluding carboxylic acids is 1. The molecule has 3 aromatic rings. The van der Waals surface area contributed by atoms with Crippen molar-refractivity contribution in [1.29, 1.82) is 0 Å². The van der Waals surface area contributed by atoms with E-state index in [1.807, 2.05) is 31.2 Å². The third-order valence-corrected chi connectivity index (χ3v) is 3.80. The Morgan fingerprint density at radius 1 is 1.27 bits per heavy atom. The number of nitrogens with zero attached hydrogens (tertiary/aromatic N) is 3. The standard InChI is InChI=1S/C17H12ClN3O5/c1-10-2-4-11(5-3-10)16-19-15(26-20-16)9-25-17(22)12-6-7-13(18)14(8-12)21(23)24/h2-8H,9H2,1H3. The molecule has 2 aromatic carbocycles. The molecule has 0 bridgehead atoms. The van der Waals surface area contributed by atoms with Crippen LogP contribution in [0.1, 0.15) is 21.8 Å². The van der Waals surface area contributed by atoms with Gasteiger partial charge in [0.25, 0.3) is 11.6 Å². The van der Waals surface area contributed by atoms with Gasteiger partial charge < -0.3 is 9.26 Å². The predicted octanol–water partition coefficient (Wildman–Crippen LogP) is 3.96. The molecule has 3 rings (SSSR count). The fraction of sp³-hybridized carbons (Fsp3) is 0.118. The molecule has 0 saturated heterocycles. The van der Waals surface area contributed by atoms with Crippen LogP contribution in [-0.4, -0.2) is 21.0 Å². The van der Waals surface area contributed by atoms with Crippen molar-refractivity contribution in [3.63, 3.8) is 0 Å². The molecule has 26 heavy (non-hydrogen) atoms. The number of benzene rings is 2. The Balaban J connectivity index is 1.68. The number of aryl methyl sites for hydroxylation is 1. The summed E-state index contributed by atoms with van der Waals surface area (Å²) in [6, 6.07) is 11.2. The minimum absolute atomic E-state index is 0.000580. The van der Waals surface area contributed by atoms with E-state index in [0.717, 1.165) is 17.2 Å². The predicted molar refractivity (Wildman–Crippen MR) is 91.7 cm³/mol. The monoisotopic (exact) mass is 373 g/mol. The van der Waals surface area contributed by atoms with E-state index in [1.54, 1.807) is 0 Å². The first kappa shape index (κ1) is 17.6. The molecule has 0 fully saturated rings. The van der Waals surface area contributed by atoms with Crippen LogP contribution in [-0.2, 0) is 11.3 Å². The van der Waals surface area contributed by atoms with Gasteiger partial charge in [-0.05, 0) is 19.1 Å². The van der Waals surface area contributed by atoms with E-state index in [1.165, 1.54) is 12.1 Å².